The van der Waals surface area contributed by atoms with Crippen molar-refractivity contribution in [3.05, 3.63) is 21.4 Å². The van der Waals surface area contributed by atoms with Crippen LogP contribution in [0.25, 0.3) is 0 Å². The van der Waals surface area contributed by atoms with Gasteiger partial charge in [-0.3, -0.25) is 4.79 Å². The van der Waals surface area contributed by atoms with Gasteiger partial charge in [-0.25, -0.2) is 0 Å². The topological polar surface area (TPSA) is 41.1 Å². The first-order chi connectivity index (χ1) is 7.79. The number of amides is 1. The summed E-state index contributed by atoms with van der Waals surface area (Å²) in [6, 6.07) is 2.25. The zero-order valence-electron chi connectivity index (χ0n) is 9.64. The molecule has 4 heteroatoms. The predicted octanol–water partition coefficient (Wildman–Crippen LogP) is 1.46. The maximum atomic E-state index is 11.4. The van der Waals surface area contributed by atoms with E-state index in [1.54, 1.807) is 0 Å². The summed E-state index contributed by atoms with van der Waals surface area (Å²) in [6.07, 6.45) is 3.75. The van der Waals surface area contributed by atoms with E-state index in [4.69, 9.17) is 0 Å². The second-order valence-corrected chi connectivity index (χ2v) is 5.29. The number of thiophene rings is 1. The van der Waals surface area contributed by atoms with Crippen LogP contribution < -0.4 is 10.6 Å². The summed E-state index contributed by atoms with van der Waals surface area (Å²) in [5.41, 5.74) is 1.50. The van der Waals surface area contributed by atoms with Gasteiger partial charge in [0.1, 0.15) is 0 Å². The molecule has 0 radical (unpaired) electrons. The molecule has 16 heavy (non-hydrogen) atoms. The van der Waals surface area contributed by atoms with E-state index in [1.807, 2.05) is 18.3 Å². The molecule has 2 N–H and O–H groups in total. The van der Waals surface area contributed by atoms with Gasteiger partial charge in [0, 0.05) is 9.75 Å². The average Bonchev–Trinajstić information content (AvgIpc) is 2.83. The van der Waals surface area contributed by atoms with Gasteiger partial charge >= 0.3 is 0 Å². The van der Waals surface area contributed by atoms with Gasteiger partial charge in [-0.05, 0) is 37.4 Å². The van der Waals surface area contributed by atoms with Crippen molar-refractivity contribution in [1.82, 2.24) is 10.6 Å². The van der Waals surface area contributed by atoms with Crippen LogP contribution in [0.3, 0.4) is 0 Å². The van der Waals surface area contributed by atoms with E-state index in [-0.39, 0.29) is 5.91 Å². The van der Waals surface area contributed by atoms with Crippen LogP contribution in [-0.4, -0.2) is 19.0 Å². The lowest BCUT2D eigenvalue weighted by molar-refractivity contribution is -0.120. The Bertz CT molecular complexity index is 352. The van der Waals surface area contributed by atoms with Crippen molar-refractivity contribution < 1.29 is 4.79 Å². The van der Waals surface area contributed by atoms with Crippen molar-refractivity contribution in [2.45, 2.75) is 32.7 Å². The Kier molecular flexibility index (Phi) is 3.96. The van der Waals surface area contributed by atoms with E-state index in [0.29, 0.717) is 13.1 Å². The predicted molar refractivity (Wildman–Crippen MR) is 66.7 cm³/mol. The first kappa shape index (κ1) is 11.6. The summed E-state index contributed by atoms with van der Waals surface area (Å²) in [6.45, 7) is 3.93. The summed E-state index contributed by atoms with van der Waals surface area (Å²) in [5, 5.41) is 5.95. The second kappa shape index (κ2) is 5.46. The molecule has 1 aromatic heterocycles. The number of hydrogen-bond acceptors (Lipinski definition) is 3. The molecule has 88 valence electrons. The highest BCUT2D eigenvalue weighted by atomic mass is 32.1. The molecule has 0 atom stereocenters. The number of aryl methyl sites for hydroxylation is 2. The number of hydrogen-bond donors (Lipinski definition) is 2. The van der Waals surface area contributed by atoms with Crippen LogP contribution in [0.2, 0.25) is 0 Å². The highest BCUT2D eigenvalue weighted by Gasteiger charge is 2.14. The van der Waals surface area contributed by atoms with Crippen molar-refractivity contribution in [2.24, 2.45) is 0 Å². The molecule has 0 saturated heterocycles. The Morgan fingerprint density at radius 1 is 1.50 bits per heavy atom. The molecule has 3 nitrogen and oxygen atoms in total. The van der Waals surface area contributed by atoms with E-state index in [1.165, 1.54) is 34.6 Å². The summed E-state index contributed by atoms with van der Waals surface area (Å²) >= 11 is 1.85. The third-order valence-corrected chi connectivity index (χ3v) is 4.03. The van der Waals surface area contributed by atoms with E-state index < -0.39 is 0 Å². The van der Waals surface area contributed by atoms with Gasteiger partial charge < -0.3 is 10.6 Å². The Hall–Kier alpha value is -0.870. The summed E-state index contributed by atoms with van der Waals surface area (Å²) in [4.78, 5) is 14.2. The first-order valence-corrected chi connectivity index (χ1v) is 6.69. The minimum absolute atomic E-state index is 0.0791. The van der Waals surface area contributed by atoms with Crippen LogP contribution in [0.4, 0.5) is 0 Å². The van der Waals surface area contributed by atoms with Gasteiger partial charge in [-0.15, -0.1) is 11.3 Å². The standard InChI is InChI=1S/C12H18N2OS/c1-2-13-8-12(15)14-7-10-6-9-4-3-5-11(9)16-10/h6,13H,2-5,7-8H2,1H3,(H,14,15). The molecule has 0 aromatic carbocycles. The van der Waals surface area contributed by atoms with Crippen molar-refractivity contribution in [2.75, 3.05) is 13.1 Å². The molecule has 0 saturated carbocycles. The van der Waals surface area contributed by atoms with Crippen LogP contribution in [0.15, 0.2) is 6.07 Å². The number of fused-ring (bicyclic) bond motifs is 1. The third kappa shape index (κ3) is 2.83. The van der Waals surface area contributed by atoms with Crippen LogP contribution in [0.5, 0.6) is 0 Å². The number of carbonyl (C=O) groups excluding carboxylic acids is 1. The summed E-state index contributed by atoms with van der Waals surface area (Å²) in [7, 11) is 0. The van der Waals surface area contributed by atoms with Crippen LogP contribution in [-0.2, 0) is 24.2 Å². The molecular weight excluding hydrogens is 220 g/mol. The minimum atomic E-state index is 0.0791. The molecule has 0 fully saturated rings. The Balaban J connectivity index is 1.79. The van der Waals surface area contributed by atoms with E-state index >= 15 is 0 Å². The maximum absolute atomic E-state index is 11.4. The molecule has 2 rings (SSSR count). The van der Waals surface area contributed by atoms with Gasteiger partial charge in [0.05, 0.1) is 13.1 Å². The van der Waals surface area contributed by atoms with Gasteiger partial charge in [0.2, 0.25) is 5.91 Å². The molecule has 0 unspecified atom stereocenters. The fourth-order valence-electron chi connectivity index (χ4n) is 1.96. The molecule has 1 heterocycles. The number of nitrogens with one attached hydrogen (secondary N) is 2. The number of likely N-dealkylation sites (N-methyl/N-ethyl adjacent to an activating group) is 1. The van der Waals surface area contributed by atoms with Crippen LogP contribution in [0.1, 0.15) is 28.7 Å². The summed E-state index contributed by atoms with van der Waals surface area (Å²) < 4.78 is 0. The zero-order valence-corrected chi connectivity index (χ0v) is 10.5. The van der Waals surface area contributed by atoms with Crippen LogP contribution >= 0.6 is 11.3 Å². The number of rotatable bonds is 5. The molecule has 0 aliphatic heterocycles. The number of carbonyl (C=O) groups is 1. The molecule has 0 spiro atoms. The van der Waals surface area contributed by atoms with Crippen LogP contribution in [0, 0.1) is 0 Å². The highest BCUT2D eigenvalue weighted by molar-refractivity contribution is 7.12. The van der Waals surface area contributed by atoms with Gasteiger partial charge in [0.25, 0.3) is 0 Å². The molecule has 1 aromatic rings. The highest BCUT2D eigenvalue weighted by Crippen LogP contribution is 2.30. The molecular formula is C12H18N2OS. The lowest BCUT2D eigenvalue weighted by Crippen LogP contribution is -2.33. The molecule has 1 aliphatic rings. The Morgan fingerprint density at radius 2 is 2.38 bits per heavy atom. The monoisotopic (exact) mass is 238 g/mol. The smallest absolute Gasteiger partial charge is 0.234 e. The van der Waals surface area contributed by atoms with Crippen molar-refractivity contribution in [3.8, 4) is 0 Å². The van der Waals surface area contributed by atoms with Crippen molar-refractivity contribution >= 4 is 17.2 Å². The largest absolute Gasteiger partial charge is 0.350 e. The van der Waals surface area contributed by atoms with Gasteiger partial charge in [-0.1, -0.05) is 6.92 Å². The van der Waals surface area contributed by atoms with Crippen molar-refractivity contribution in [1.29, 1.82) is 0 Å². The van der Waals surface area contributed by atoms with E-state index in [2.05, 4.69) is 16.7 Å². The fraction of sp³-hybridized carbons (Fsp3) is 0.583. The van der Waals surface area contributed by atoms with E-state index in [0.717, 1.165) is 6.54 Å². The quantitative estimate of drug-likeness (QED) is 0.815. The summed E-state index contributed by atoms with van der Waals surface area (Å²) in [5.74, 6) is 0.0791. The third-order valence-electron chi connectivity index (χ3n) is 2.79. The second-order valence-electron chi connectivity index (χ2n) is 4.07. The average molecular weight is 238 g/mol. The van der Waals surface area contributed by atoms with Gasteiger partial charge in [-0.2, -0.15) is 0 Å². The first-order valence-electron chi connectivity index (χ1n) is 5.87. The zero-order chi connectivity index (χ0) is 11.4. The molecule has 0 bridgehead atoms. The SMILES string of the molecule is CCNCC(=O)NCc1cc2c(s1)CCC2. The fourth-order valence-corrected chi connectivity index (χ4v) is 3.16. The minimum Gasteiger partial charge on any atom is -0.350 e. The van der Waals surface area contributed by atoms with E-state index in [9.17, 15) is 4.79 Å². The Morgan fingerprint density at radius 3 is 3.12 bits per heavy atom. The lowest BCUT2D eigenvalue weighted by Gasteiger charge is -2.03. The van der Waals surface area contributed by atoms with Gasteiger partial charge in [0.15, 0.2) is 0 Å². The lowest BCUT2D eigenvalue weighted by atomic mass is 10.2. The Labute approximate surface area is 100 Å². The van der Waals surface area contributed by atoms with Crippen molar-refractivity contribution in [3.63, 3.8) is 0 Å². The molecule has 1 amide bonds. The normalized spacial score (nSPS) is 13.8. The maximum Gasteiger partial charge on any atom is 0.234 e. The molecule has 1 aliphatic carbocycles.